The fourth-order valence-electron chi connectivity index (χ4n) is 4.69. The Morgan fingerprint density at radius 3 is 2.45 bits per heavy atom. The first-order valence-electron chi connectivity index (χ1n) is 13.6. The molecule has 0 radical (unpaired) electrons. The van der Waals surface area contributed by atoms with E-state index in [0.717, 1.165) is 30.0 Å². The van der Waals surface area contributed by atoms with Crippen LogP contribution in [0, 0.1) is 0 Å². The second-order valence-corrected chi connectivity index (χ2v) is 10.7. The molecule has 8 heteroatoms. The summed E-state index contributed by atoms with van der Waals surface area (Å²) in [6.45, 7) is 0.730. The minimum absolute atomic E-state index is 0.0750. The number of methoxy groups -OCH3 is 1. The first-order valence-corrected chi connectivity index (χ1v) is 14.6. The smallest absolute Gasteiger partial charge is 0.272 e. The van der Waals surface area contributed by atoms with E-state index in [0.29, 0.717) is 28.3 Å². The van der Waals surface area contributed by atoms with Gasteiger partial charge in [-0.3, -0.25) is 14.4 Å². The van der Waals surface area contributed by atoms with Crippen LogP contribution in [0.15, 0.2) is 114 Å². The summed E-state index contributed by atoms with van der Waals surface area (Å²) in [4.78, 5) is 42.0. The fraction of sp³-hybridized carbons (Fsp3) is 0.147. The summed E-state index contributed by atoms with van der Waals surface area (Å²) >= 11 is 1.46. The van der Waals surface area contributed by atoms with Gasteiger partial charge in [-0.1, -0.05) is 48.5 Å². The van der Waals surface area contributed by atoms with Crippen molar-refractivity contribution in [2.45, 2.75) is 17.7 Å². The van der Waals surface area contributed by atoms with Crippen molar-refractivity contribution in [2.75, 3.05) is 29.6 Å². The van der Waals surface area contributed by atoms with Crippen LogP contribution in [0.1, 0.15) is 27.9 Å². The molecule has 42 heavy (non-hydrogen) atoms. The van der Waals surface area contributed by atoms with Gasteiger partial charge in [-0.2, -0.15) is 0 Å². The van der Waals surface area contributed by atoms with Gasteiger partial charge in [0.1, 0.15) is 11.4 Å². The molecule has 5 rings (SSSR count). The Balaban J connectivity index is 1.25. The highest BCUT2D eigenvalue weighted by atomic mass is 32.2. The topological polar surface area (TPSA) is 87.7 Å². The maximum absolute atomic E-state index is 13.3. The maximum Gasteiger partial charge on any atom is 0.272 e. The highest BCUT2D eigenvalue weighted by molar-refractivity contribution is 8.00. The predicted molar refractivity (Wildman–Crippen MR) is 168 cm³/mol. The summed E-state index contributed by atoms with van der Waals surface area (Å²) in [6, 6.07) is 31.3. The van der Waals surface area contributed by atoms with Gasteiger partial charge in [0.05, 0.1) is 12.9 Å². The number of thioether (sulfide) groups is 1. The Morgan fingerprint density at radius 1 is 0.905 bits per heavy atom. The molecule has 1 heterocycles. The molecule has 7 nitrogen and oxygen atoms in total. The van der Waals surface area contributed by atoms with Crippen molar-refractivity contribution in [3.05, 3.63) is 126 Å². The first kappa shape index (κ1) is 28.7. The lowest BCUT2D eigenvalue weighted by atomic mass is 10.0. The van der Waals surface area contributed by atoms with Crippen molar-refractivity contribution >= 4 is 46.9 Å². The van der Waals surface area contributed by atoms with Crippen LogP contribution in [0.25, 0.3) is 6.08 Å². The van der Waals surface area contributed by atoms with Gasteiger partial charge in [0, 0.05) is 28.4 Å². The Morgan fingerprint density at radius 2 is 1.67 bits per heavy atom. The summed E-state index contributed by atoms with van der Waals surface area (Å²) < 4.78 is 5.30. The third-order valence-electron chi connectivity index (χ3n) is 6.82. The molecule has 3 amide bonds. The lowest BCUT2D eigenvalue weighted by Crippen LogP contribution is -2.36. The second kappa shape index (κ2) is 13.7. The quantitative estimate of drug-likeness (QED) is 0.183. The van der Waals surface area contributed by atoms with Gasteiger partial charge in [-0.05, 0) is 84.6 Å². The van der Waals surface area contributed by atoms with Crippen molar-refractivity contribution < 1.29 is 19.1 Å². The summed E-state index contributed by atoms with van der Waals surface area (Å²) in [7, 11) is 1.57. The van der Waals surface area contributed by atoms with Crippen LogP contribution < -0.4 is 20.3 Å². The van der Waals surface area contributed by atoms with Crippen LogP contribution >= 0.6 is 11.8 Å². The molecule has 0 aromatic heterocycles. The lowest BCUT2D eigenvalue weighted by molar-refractivity contribution is -0.116. The van der Waals surface area contributed by atoms with E-state index in [1.165, 1.54) is 17.3 Å². The van der Waals surface area contributed by atoms with Gasteiger partial charge in [0.15, 0.2) is 0 Å². The molecule has 0 bridgehead atoms. The molecule has 212 valence electrons. The zero-order valence-electron chi connectivity index (χ0n) is 23.2. The van der Waals surface area contributed by atoms with E-state index in [1.54, 1.807) is 61.7 Å². The molecule has 4 aromatic carbocycles. The van der Waals surface area contributed by atoms with E-state index in [-0.39, 0.29) is 11.6 Å². The zero-order chi connectivity index (χ0) is 29.3. The average molecular weight is 578 g/mol. The van der Waals surface area contributed by atoms with Gasteiger partial charge < -0.3 is 20.3 Å². The number of anilines is 2. The standard InChI is InChI=1S/C34H31N3O4S/c1-41-28-14-7-9-24(21-28)22-30(36-33(39)26-11-3-2-4-12-26)34(40)35-27-16-18-29(19-17-27)42-23-32(38)37-20-8-13-25-10-5-6-15-31(25)37/h2-7,9-12,14-19,21-22H,8,13,20,23H2,1H3,(H,35,40)(H,36,39)/b30-22-. The molecule has 0 fully saturated rings. The van der Waals surface area contributed by atoms with Crippen LogP contribution in [0.4, 0.5) is 11.4 Å². The number of nitrogens with one attached hydrogen (secondary N) is 2. The van der Waals surface area contributed by atoms with Crippen molar-refractivity contribution in [3.63, 3.8) is 0 Å². The van der Waals surface area contributed by atoms with Crippen molar-refractivity contribution in [1.29, 1.82) is 0 Å². The van der Waals surface area contributed by atoms with Crippen molar-refractivity contribution in [1.82, 2.24) is 5.32 Å². The molecular weight excluding hydrogens is 546 g/mol. The molecule has 1 aliphatic heterocycles. The lowest BCUT2D eigenvalue weighted by Gasteiger charge is -2.29. The molecule has 0 unspecified atom stereocenters. The van der Waals surface area contributed by atoms with Gasteiger partial charge >= 0.3 is 0 Å². The monoisotopic (exact) mass is 577 g/mol. The van der Waals surface area contributed by atoms with Gasteiger partial charge in [0.25, 0.3) is 11.8 Å². The van der Waals surface area contributed by atoms with E-state index < -0.39 is 11.8 Å². The number of rotatable bonds is 9. The number of para-hydroxylation sites is 1. The summed E-state index contributed by atoms with van der Waals surface area (Å²) in [5, 5.41) is 5.61. The molecule has 0 aliphatic carbocycles. The van der Waals surface area contributed by atoms with Crippen molar-refractivity contribution in [3.8, 4) is 5.75 Å². The van der Waals surface area contributed by atoms with Gasteiger partial charge in [0.2, 0.25) is 5.91 Å². The number of benzene rings is 4. The van der Waals surface area contributed by atoms with Gasteiger partial charge in [-0.15, -0.1) is 11.8 Å². The number of amides is 3. The number of hydrogen-bond donors (Lipinski definition) is 2. The third-order valence-corrected chi connectivity index (χ3v) is 7.82. The molecule has 0 spiro atoms. The van der Waals surface area contributed by atoms with Crippen molar-refractivity contribution in [2.24, 2.45) is 0 Å². The number of fused-ring (bicyclic) bond motifs is 1. The molecular formula is C34H31N3O4S. The summed E-state index contributed by atoms with van der Waals surface area (Å²) in [5.74, 6) is 0.160. The Labute approximate surface area is 249 Å². The van der Waals surface area contributed by atoms with Crippen LogP contribution in [0.2, 0.25) is 0 Å². The molecule has 0 saturated heterocycles. The average Bonchev–Trinajstić information content (AvgIpc) is 3.04. The Kier molecular flexibility index (Phi) is 9.36. The highest BCUT2D eigenvalue weighted by Crippen LogP contribution is 2.28. The normalized spacial score (nSPS) is 12.7. The molecule has 2 N–H and O–H groups in total. The molecule has 4 aromatic rings. The highest BCUT2D eigenvalue weighted by Gasteiger charge is 2.22. The van der Waals surface area contributed by atoms with Crippen LogP contribution in [0.5, 0.6) is 5.75 Å². The zero-order valence-corrected chi connectivity index (χ0v) is 24.0. The largest absolute Gasteiger partial charge is 0.497 e. The van der Waals surface area contributed by atoms with Gasteiger partial charge in [-0.25, -0.2) is 0 Å². The van der Waals surface area contributed by atoms with E-state index in [4.69, 9.17) is 4.74 Å². The first-order chi connectivity index (χ1) is 20.5. The van der Waals surface area contributed by atoms with Crippen LogP contribution in [-0.2, 0) is 16.0 Å². The molecule has 1 aliphatic rings. The second-order valence-electron chi connectivity index (χ2n) is 9.70. The number of carbonyl (C=O) groups excluding carboxylic acids is 3. The van der Waals surface area contributed by atoms with Crippen LogP contribution in [-0.4, -0.2) is 37.1 Å². The molecule has 0 saturated carbocycles. The van der Waals surface area contributed by atoms with E-state index >= 15 is 0 Å². The number of hydrogen-bond acceptors (Lipinski definition) is 5. The number of aryl methyl sites for hydroxylation is 1. The SMILES string of the molecule is COc1cccc(/C=C(\NC(=O)c2ccccc2)C(=O)Nc2ccc(SCC(=O)N3CCCc4ccccc43)cc2)c1. The Bertz CT molecular complexity index is 1600. The number of ether oxygens (including phenoxy) is 1. The van der Waals surface area contributed by atoms with Crippen LogP contribution in [0.3, 0.4) is 0 Å². The van der Waals surface area contributed by atoms with E-state index in [2.05, 4.69) is 16.7 Å². The van der Waals surface area contributed by atoms with E-state index in [9.17, 15) is 14.4 Å². The predicted octanol–water partition coefficient (Wildman–Crippen LogP) is 6.18. The van der Waals surface area contributed by atoms with E-state index in [1.807, 2.05) is 53.4 Å². The number of nitrogens with zero attached hydrogens (tertiary/aromatic N) is 1. The number of carbonyl (C=O) groups is 3. The summed E-state index contributed by atoms with van der Waals surface area (Å²) in [5.41, 5.74) is 3.99. The maximum atomic E-state index is 13.3. The summed E-state index contributed by atoms with van der Waals surface area (Å²) in [6.07, 6.45) is 3.56. The minimum Gasteiger partial charge on any atom is -0.497 e. The fourth-order valence-corrected chi connectivity index (χ4v) is 5.46. The molecule has 0 atom stereocenters. The Hall–Kier alpha value is -4.82. The third kappa shape index (κ3) is 7.27. The minimum atomic E-state index is -0.471.